The number of aromatic nitrogens is 1. The monoisotopic (exact) mass is 674 g/mol. The zero-order valence-corrected chi connectivity index (χ0v) is 27.2. The van der Waals surface area contributed by atoms with Crippen molar-refractivity contribution in [1.82, 2.24) is 4.57 Å². The SMILES string of the molecule is [2H]c1c([2H])c([2H])c(-c2c3c([2H])c([2H])c([2H])c([2H])c3c(-c3cccc(-c4c(-n5c6ccccc6c6ccccc65)ccc5oc6ccccc6c45)c3)c3c([2H])c([2H])c([2H])c([2H])c23)c([2H])c1[2H]. The molecule has 0 unspecified atom stereocenters. The molecular weight excluding hydrogens is 631 g/mol. The lowest BCUT2D eigenvalue weighted by molar-refractivity contribution is 0.669. The summed E-state index contributed by atoms with van der Waals surface area (Å²) in [6, 6.07) is 26.6. The van der Waals surface area contributed by atoms with Gasteiger partial charge in [-0.1, -0.05) is 151 Å². The first-order valence-corrected chi connectivity index (χ1v) is 16.8. The van der Waals surface area contributed by atoms with E-state index in [1.54, 1.807) is 12.1 Å². The molecule has 0 saturated carbocycles. The van der Waals surface area contributed by atoms with Gasteiger partial charge in [-0.25, -0.2) is 0 Å². The van der Waals surface area contributed by atoms with Crippen LogP contribution in [0.5, 0.6) is 0 Å². The van der Waals surface area contributed by atoms with Crippen LogP contribution < -0.4 is 0 Å². The van der Waals surface area contributed by atoms with Crippen LogP contribution in [-0.2, 0) is 0 Å². The largest absolute Gasteiger partial charge is 0.456 e. The highest BCUT2D eigenvalue weighted by atomic mass is 16.3. The molecule has 2 heterocycles. The molecule has 0 aliphatic rings. The van der Waals surface area contributed by atoms with Gasteiger partial charge in [0.25, 0.3) is 0 Å². The highest BCUT2D eigenvalue weighted by Gasteiger charge is 2.22. The molecular formula is C50H31NO. The van der Waals surface area contributed by atoms with Crippen LogP contribution in [0.15, 0.2) is 192 Å². The van der Waals surface area contributed by atoms with E-state index < -0.39 is 84.1 Å². The molecule has 0 bridgehead atoms. The number of hydrogen-bond acceptors (Lipinski definition) is 1. The molecule has 0 amide bonds. The molecule has 0 saturated heterocycles. The molecule has 0 atom stereocenters. The molecule has 11 aromatic rings. The maximum Gasteiger partial charge on any atom is 0.136 e. The molecule has 0 aliphatic carbocycles. The van der Waals surface area contributed by atoms with Gasteiger partial charge in [-0.3, -0.25) is 0 Å². The molecule has 2 heteroatoms. The molecule has 0 spiro atoms. The minimum absolute atomic E-state index is 0.0506. The van der Waals surface area contributed by atoms with E-state index >= 15 is 0 Å². The van der Waals surface area contributed by atoms with Gasteiger partial charge < -0.3 is 8.98 Å². The molecule has 9 aromatic carbocycles. The van der Waals surface area contributed by atoms with E-state index in [4.69, 9.17) is 16.8 Å². The Labute approximate surface area is 318 Å². The molecule has 2 nitrogen and oxygen atoms in total. The molecule has 0 fully saturated rings. The Morgan fingerprint density at radius 1 is 0.385 bits per heavy atom. The summed E-state index contributed by atoms with van der Waals surface area (Å²) in [5.41, 5.74) is 4.97. The fourth-order valence-electron chi connectivity index (χ4n) is 7.84. The van der Waals surface area contributed by atoms with E-state index in [0.29, 0.717) is 22.3 Å². The molecule has 0 N–H and O–H groups in total. The van der Waals surface area contributed by atoms with Crippen molar-refractivity contribution >= 4 is 65.3 Å². The van der Waals surface area contributed by atoms with Crippen molar-refractivity contribution in [3.8, 4) is 39.1 Å². The van der Waals surface area contributed by atoms with Gasteiger partial charge >= 0.3 is 0 Å². The average Bonchev–Trinajstić information content (AvgIpc) is 3.87. The summed E-state index contributed by atoms with van der Waals surface area (Å²) in [6.45, 7) is 0. The van der Waals surface area contributed by atoms with Gasteiger partial charge in [-0.15, -0.1) is 0 Å². The van der Waals surface area contributed by atoms with Crippen LogP contribution in [0.3, 0.4) is 0 Å². The molecule has 52 heavy (non-hydrogen) atoms. The second-order valence-corrected chi connectivity index (χ2v) is 12.6. The van der Waals surface area contributed by atoms with E-state index in [1.807, 2.05) is 72.8 Å². The van der Waals surface area contributed by atoms with Gasteiger partial charge in [-0.2, -0.15) is 0 Å². The zero-order valence-electron chi connectivity index (χ0n) is 40.2. The van der Waals surface area contributed by atoms with Crippen LogP contribution in [0, 0.1) is 0 Å². The molecule has 242 valence electrons. The van der Waals surface area contributed by atoms with Gasteiger partial charge in [0.2, 0.25) is 0 Å². The summed E-state index contributed by atoms with van der Waals surface area (Å²) in [4.78, 5) is 0. The van der Waals surface area contributed by atoms with Gasteiger partial charge in [-0.05, 0) is 85.8 Å². The van der Waals surface area contributed by atoms with Crippen molar-refractivity contribution in [3.05, 3.63) is 188 Å². The van der Waals surface area contributed by atoms with Gasteiger partial charge in [0, 0.05) is 27.1 Å². The van der Waals surface area contributed by atoms with Crippen LogP contribution in [0.2, 0.25) is 0 Å². The Kier molecular flexibility index (Phi) is 4.11. The van der Waals surface area contributed by atoms with E-state index in [9.17, 15) is 5.48 Å². The Morgan fingerprint density at radius 2 is 0.904 bits per heavy atom. The lowest BCUT2D eigenvalue weighted by Crippen LogP contribution is -1.98. The number of rotatable bonds is 4. The minimum atomic E-state index is -0.722. The second kappa shape index (κ2) is 11.3. The van der Waals surface area contributed by atoms with Gasteiger partial charge in [0.15, 0.2) is 0 Å². The number of hydrogen-bond donors (Lipinski definition) is 0. The number of fused-ring (bicyclic) bond motifs is 8. The van der Waals surface area contributed by atoms with E-state index in [0.717, 1.165) is 43.8 Å². The number of para-hydroxylation sites is 3. The lowest BCUT2D eigenvalue weighted by Gasteiger charge is -2.19. The van der Waals surface area contributed by atoms with Crippen molar-refractivity contribution in [2.24, 2.45) is 0 Å². The predicted octanol–water partition coefficient (Wildman–Crippen LogP) is 14.0. The van der Waals surface area contributed by atoms with Crippen molar-refractivity contribution < 1.29 is 22.2 Å². The quantitative estimate of drug-likeness (QED) is 0.170. The van der Waals surface area contributed by atoms with Crippen LogP contribution >= 0.6 is 0 Å². The average molecular weight is 675 g/mol. The number of furan rings is 1. The first-order chi connectivity index (χ1) is 31.2. The first-order valence-electron chi connectivity index (χ1n) is 23.3. The molecule has 2 aromatic heterocycles. The van der Waals surface area contributed by atoms with E-state index in [2.05, 4.69) is 28.8 Å². The highest BCUT2D eigenvalue weighted by molar-refractivity contribution is 6.22. The topological polar surface area (TPSA) is 18.1 Å². The Balaban J connectivity index is 1.34. The summed E-state index contributed by atoms with van der Waals surface area (Å²) in [5.74, 6) is 0. The number of benzene rings is 9. The van der Waals surface area contributed by atoms with Crippen molar-refractivity contribution in [2.75, 3.05) is 0 Å². The molecule has 0 aliphatic heterocycles. The third-order valence-corrected chi connectivity index (χ3v) is 9.91. The molecule has 11 rings (SSSR count). The van der Waals surface area contributed by atoms with Crippen LogP contribution in [0.4, 0.5) is 0 Å². The maximum absolute atomic E-state index is 9.48. The Morgan fingerprint density at radius 3 is 1.54 bits per heavy atom. The van der Waals surface area contributed by atoms with E-state index in [1.165, 1.54) is 0 Å². The summed E-state index contributed by atoms with van der Waals surface area (Å²) < 4.78 is 125. The summed E-state index contributed by atoms with van der Waals surface area (Å²) >= 11 is 0. The number of nitrogens with zero attached hydrogens (tertiary/aromatic N) is 1. The standard InChI is InChI=1S/C50H31NO/c1-2-15-32(16-3-1)47-37-21-4-6-23-39(37)48(40-24-7-5-22-38(40)47)33-17-14-18-34(31-33)49-44(29-30-46-50(49)41-25-10-13-28-45(41)52-46)51-42-26-11-8-19-35(42)36-20-9-12-27-43(36)51/h1-31H/i1D,2D,3D,4D,5D,6D,7D,15D,16D,21D,22D,23D,24D. The van der Waals surface area contributed by atoms with Crippen LogP contribution in [-0.4, -0.2) is 4.57 Å². The fraction of sp³-hybridized carbons (Fsp3) is 0. The Bertz CT molecular complexity index is 3780. The highest BCUT2D eigenvalue weighted by Crippen LogP contribution is 2.47. The van der Waals surface area contributed by atoms with Crippen molar-refractivity contribution in [1.29, 1.82) is 0 Å². The third kappa shape index (κ3) is 4.19. The van der Waals surface area contributed by atoms with Crippen LogP contribution in [0.1, 0.15) is 17.8 Å². The fourth-order valence-corrected chi connectivity index (χ4v) is 7.84. The summed E-state index contributed by atoms with van der Waals surface area (Å²) in [7, 11) is 0. The van der Waals surface area contributed by atoms with Crippen molar-refractivity contribution in [2.45, 2.75) is 0 Å². The Hall–Kier alpha value is -6.90. The first kappa shape index (κ1) is 18.9. The smallest absolute Gasteiger partial charge is 0.136 e. The van der Waals surface area contributed by atoms with Crippen LogP contribution in [0.25, 0.3) is 104 Å². The van der Waals surface area contributed by atoms with Gasteiger partial charge in [0.1, 0.15) is 11.2 Å². The third-order valence-electron chi connectivity index (χ3n) is 9.91. The predicted molar refractivity (Wildman–Crippen MR) is 219 cm³/mol. The van der Waals surface area contributed by atoms with E-state index in [-0.39, 0.29) is 32.7 Å². The summed E-state index contributed by atoms with van der Waals surface area (Å²) in [6.07, 6.45) is 0. The maximum atomic E-state index is 9.48. The summed E-state index contributed by atoms with van der Waals surface area (Å²) in [5, 5.41) is 2.90. The zero-order chi connectivity index (χ0) is 45.5. The van der Waals surface area contributed by atoms with Gasteiger partial charge in [0.05, 0.1) is 34.5 Å². The van der Waals surface area contributed by atoms with Crippen molar-refractivity contribution in [3.63, 3.8) is 0 Å². The normalized spacial score (nSPS) is 15.3. The lowest BCUT2D eigenvalue weighted by atomic mass is 9.85. The second-order valence-electron chi connectivity index (χ2n) is 12.6. The molecule has 0 radical (unpaired) electrons. The minimum Gasteiger partial charge on any atom is -0.456 e.